The van der Waals surface area contributed by atoms with Crippen molar-refractivity contribution in [2.75, 3.05) is 25.7 Å². The van der Waals surface area contributed by atoms with E-state index in [1.54, 1.807) is 13.2 Å². The van der Waals surface area contributed by atoms with E-state index in [0.29, 0.717) is 24.8 Å². The van der Waals surface area contributed by atoms with Crippen molar-refractivity contribution < 1.29 is 19.1 Å². The normalized spacial score (nSPS) is 18.2. The molecule has 1 fully saturated rings. The second kappa shape index (κ2) is 12.2. The van der Waals surface area contributed by atoms with Crippen molar-refractivity contribution in [1.82, 2.24) is 0 Å². The summed E-state index contributed by atoms with van der Waals surface area (Å²) in [5.41, 5.74) is 4.21. The zero-order valence-electron chi connectivity index (χ0n) is 22.7. The maximum atomic E-state index is 13.5. The van der Waals surface area contributed by atoms with Crippen LogP contribution in [-0.4, -0.2) is 32.6 Å². The molecule has 3 rings (SSSR count). The molecule has 0 heterocycles. The highest BCUT2D eigenvalue weighted by Crippen LogP contribution is 2.38. The van der Waals surface area contributed by atoms with Crippen molar-refractivity contribution in [2.24, 2.45) is 11.3 Å². The molecule has 0 atom stereocenters. The topological polar surface area (TPSA) is 55.8 Å². The molecule has 5 heteroatoms. The molecule has 1 saturated carbocycles. The Balaban J connectivity index is 1.74. The zero-order chi connectivity index (χ0) is 26.3. The van der Waals surface area contributed by atoms with Crippen LogP contribution >= 0.6 is 0 Å². The molecule has 5 nitrogen and oxygen atoms in total. The lowest BCUT2D eigenvalue weighted by Gasteiger charge is -2.34. The van der Waals surface area contributed by atoms with Gasteiger partial charge in [0.05, 0.1) is 14.2 Å². The van der Waals surface area contributed by atoms with Crippen LogP contribution in [0.3, 0.4) is 0 Å². The molecule has 0 aliphatic heterocycles. The van der Waals surface area contributed by atoms with Gasteiger partial charge in [0.25, 0.3) is 0 Å². The average Bonchev–Trinajstić information content (AvgIpc) is 2.85. The summed E-state index contributed by atoms with van der Waals surface area (Å²) in [6.07, 6.45) is 8.05. The summed E-state index contributed by atoms with van der Waals surface area (Å²) in [6, 6.07) is 14.4. The van der Waals surface area contributed by atoms with E-state index in [0.717, 1.165) is 42.7 Å². The molecule has 0 saturated heterocycles. The van der Waals surface area contributed by atoms with Crippen LogP contribution in [0.5, 0.6) is 5.75 Å². The Morgan fingerprint density at radius 1 is 1.03 bits per heavy atom. The highest BCUT2D eigenvalue weighted by Gasteiger charge is 2.28. The lowest BCUT2D eigenvalue weighted by Crippen LogP contribution is -2.38. The van der Waals surface area contributed by atoms with Gasteiger partial charge in [-0.15, -0.1) is 0 Å². The minimum absolute atomic E-state index is 0.0956. The molecule has 36 heavy (non-hydrogen) atoms. The highest BCUT2D eigenvalue weighted by molar-refractivity contribution is 5.94. The fourth-order valence-electron chi connectivity index (χ4n) is 5.02. The number of methoxy groups -OCH3 is 2. The number of carbonyl (C=O) groups excluding carboxylic acids is 2. The predicted octanol–water partition coefficient (Wildman–Crippen LogP) is 6.93. The maximum absolute atomic E-state index is 13.5. The number of esters is 1. The van der Waals surface area contributed by atoms with E-state index in [1.165, 1.54) is 24.3 Å². The minimum atomic E-state index is -0.398. The summed E-state index contributed by atoms with van der Waals surface area (Å²) in [7, 11) is 3.07. The van der Waals surface area contributed by atoms with Crippen molar-refractivity contribution in [3.63, 3.8) is 0 Å². The minimum Gasteiger partial charge on any atom is -0.496 e. The first-order valence-corrected chi connectivity index (χ1v) is 12.9. The SMILES string of the molecule is COC(=O)/C=C/c1cccc(N(C[C@H]2CC[C@H](c3ccc(OC)c(C)c3)CC2)C(=O)CC(C)(C)C)c1. The molecule has 1 aliphatic rings. The number of benzene rings is 2. The number of aryl methyl sites for hydroxylation is 1. The van der Waals surface area contributed by atoms with Gasteiger partial charge in [0.15, 0.2) is 0 Å². The Morgan fingerprint density at radius 2 is 1.75 bits per heavy atom. The Kier molecular flexibility index (Phi) is 9.36. The molecule has 1 aliphatic carbocycles. The zero-order valence-corrected chi connectivity index (χ0v) is 22.7. The molecule has 0 bridgehead atoms. The number of rotatable bonds is 8. The second-order valence-electron chi connectivity index (χ2n) is 11.1. The highest BCUT2D eigenvalue weighted by atomic mass is 16.5. The third kappa shape index (κ3) is 7.71. The number of ether oxygens (including phenoxy) is 2. The number of carbonyl (C=O) groups is 2. The molecule has 0 aromatic heterocycles. The van der Waals surface area contributed by atoms with Crippen molar-refractivity contribution in [3.05, 3.63) is 65.2 Å². The Labute approximate surface area is 216 Å². The van der Waals surface area contributed by atoms with Crippen LogP contribution in [0.4, 0.5) is 5.69 Å². The fraction of sp³-hybridized carbons (Fsp3) is 0.484. The quantitative estimate of drug-likeness (QED) is 0.297. The van der Waals surface area contributed by atoms with Crippen LogP contribution in [0.15, 0.2) is 48.5 Å². The van der Waals surface area contributed by atoms with E-state index in [-0.39, 0.29) is 11.3 Å². The van der Waals surface area contributed by atoms with Crippen molar-refractivity contribution >= 4 is 23.6 Å². The fourth-order valence-corrected chi connectivity index (χ4v) is 5.02. The number of hydrogen-bond donors (Lipinski definition) is 0. The van der Waals surface area contributed by atoms with Gasteiger partial charge in [-0.05, 0) is 90.8 Å². The third-order valence-corrected chi connectivity index (χ3v) is 6.96. The van der Waals surface area contributed by atoms with Crippen LogP contribution in [0, 0.1) is 18.3 Å². The van der Waals surface area contributed by atoms with Crippen LogP contribution in [0.25, 0.3) is 6.08 Å². The molecular formula is C31H41NO4. The Morgan fingerprint density at radius 3 is 2.36 bits per heavy atom. The van der Waals surface area contributed by atoms with Crippen LogP contribution in [0.1, 0.15) is 75.5 Å². The summed E-state index contributed by atoms with van der Waals surface area (Å²) in [4.78, 5) is 27.0. The van der Waals surface area contributed by atoms with Crippen LogP contribution in [0.2, 0.25) is 0 Å². The first-order valence-electron chi connectivity index (χ1n) is 12.9. The standard InChI is InChI=1S/C31H41NO4/c1-22-18-26(15-16-28(22)35-5)25-13-10-24(11-14-25)21-32(29(33)20-31(2,3)4)27-9-7-8-23(19-27)12-17-30(34)36-6/h7-9,12,15-19,24-25H,10-11,13-14,20-21H2,1-6H3/b17-12+/t24-,25-. The predicted molar refractivity (Wildman–Crippen MR) is 146 cm³/mol. The first-order chi connectivity index (χ1) is 17.1. The van der Waals surface area contributed by atoms with Gasteiger partial charge >= 0.3 is 5.97 Å². The van der Waals surface area contributed by atoms with E-state index in [2.05, 4.69) is 45.9 Å². The number of hydrogen-bond acceptors (Lipinski definition) is 4. The molecule has 2 aromatic rings. The van der Waals surface area contributed by atoms with Gasteiger partial charge in [-0.3, -0.25) is 4.79 Å². The van der Waals surface area contributed by atoms with E-state index in [4.69, 9.17) is 9.47 Å². The second-order valence-corrected chi connectivity index (χ2v) is 11.1. The summed E-state index contributed by atoms with van der Waals surface area (Å²) in [5, 5.41) is 0. The van der Waals surface area contributed by atoms with E-state index in [1.807, 2.05) is 29.2 Å². The molecular weight excluding hydrogens is 450 g/mol. The van der Waals surface area contributed by atoms with E-state index < -0.39 is 5.97 Å². The summed E-state index contributed by atoms with van der Waals surface area (Å²) in [5.74, 6) is 1.69. The molecule has 0 radical (unpaired) electrons. The summed E-state index contributed by atoms with van der Waals surface area (Å²) < 4.78 is 10.1. The summed E-state index contributed by atoms with van der Waals surface area (Å²) in [6.45, 7) is 9.11. The molecule has 0 unspecified atom stereocenters. The van der Waals surface area contributed by atoms with E-state index >= 15 is 0 Å². The van der Waals surface area contributed by atoms with Gasteiger partial charge in [0.2, 0.25) is 5.91 Å². The summed E-state index contributed by atoms with van der Waals surface area (Å²) >= 11 is 0. The van der Waals surface area contributed by atoms with Gasteiger partial charge in [-0.25, -0.2) is 4.79 Å². The monoisotopic (exact) mass is 491 g/mol. The van der Waals surface area contributed by atoms with Gasteiger partial charge in [-0.2, -0.15) is 0 Å². The van der Waals surface area contributed by atoms with Gasteiger partial charge < -0.3 is 14.4 Å². The first kappa shape index (κ1) is 27.5. The van der Waals surface area contributed by atoms with Gasteiger partial charge in [-0.1, -0.05) is 45.0 Å². The number of amides is 1. The van der Waals surface area contributed by atoms with Crippen LogP contribution in [-0.2, 0) is 14.3 Å². The number of anilines is 1. The lowest BCUT2D eigenvalue weighted by molar-refractivity contribution is -0.134. The van der Waals surface area contributed by atoms with Crippen molar-refractivity contribution in [3.8, 4) is 5.75 Å². The van der Waals surface area contributed by atoms with Crippen LogP contribution < -0.4 is 9.64 Å². The van der Waals surface area contributed by atoms with E-state index in [9.17, 15) is 9.59 Å². The molecule has 194 valence electrons. The molecule has 1 amide bonds. The lowest BCUT2D eigenvalue weighted by atomic mass is 9.78. The largest absolute Gasteiger partial charge is 0.496 e. The average molecular weight is 492 g/mol. The van der Waals surface area contributed by atoms with Gasteiger partial charge in [0.1, 0.15) is 5.75 Å². The third-order valence-electron chi connectivity index (χ3n) is 6.96. The molecule has 0 N–H and O–H groups in total. The molecule has 2 aromatic carbocycles. The Hall–Kier alpha value is -3.08. The smallest absolute Gasteiger partial charge is 0.330 e. The van der Waals surface area contributed by atoms with Gasteiger partial charge in [0, 0.05) is 24.7 Å². The maximum Gasteiger partial charge on any atom is 0.330 e. The Bertz CT molecular complexity index is 1070. The van der Waals surface area contributed by atoms with Crippen molar-refractivity contribution in [2.45, 2.75) is 65.7 Å². The molecule has 0 spiro atoms. The van der Waals surface area contributed by atoms with Crippen molar-refractivity contribution in [1.29, 1.82) is 0 Å². The number of nitrogens with zero attached hydrogens (tertiary/aromatic N) is 1.